The molecule has 1 N–H and O–H groups in total. The largest absolute Gasteiger partial charge is 0.497 e. The van der Waals surface area contributed by atoms with Gasteiger partial charge in [-0.3, -0.25) is 14.6 Å². The number of piperidine rings is 1. The van der Waals surface area contributed by atoms with Crippen molar-refractivity contribution in [1.29, 1.82) is 0 Å². The van der Waals surface area contributed by atoms with Crippen molar-refractivity contribution in [3.63, 3.8) is 0 Å². The third-order valence-electron chi connectivity index (χ3n) is 7.20. The van der Waals surface area contributed by atoms with Crippen LogP contribution in [0, 0.1) is 5.92 Å². The number of methoxy groups -OCH3 is 1. The number of rotatable bonds is 5. The van der Waals surface area contributed by atoms with Crippen molar-refractivity contribution in [3.05, 3.63) is 84.2 Å². The third kappa shape index (κ3) is 7.56. The Morgan fingerprint density at radius 1 is 1.00 bits per heavy atom. The first kappa shape index (κ1) is 30.4. The lowest BCUT2D eigenvalue weighted by molar-refractivity contribution is -0.192. The fourth-order valence-corrected chi connectivity index (χ4v) is 5.02. The quantitative estimate of drug-likeness (QED) is 0.467. The minimum absolute atomic E-state index is 0.0391. The average Bonchev–Trinajstić information content (AvgIpc) is 3.13. The summed E-state index contributed by atoms with van der Waals surface area (Å²) in [7, 11) is 1.58. The molecule has 2 aliphatic heterocycles. The Kier molecular flexibility index (Phi) is 9.66. The van der Waals surface area contributed by atoms with Crippen LogP contribution in [0.5, 0.6) is 5.75 Å². The van der Waals surface area contributed by atoms with Crippen molar-refractivity contribution < 1.29 is 37.4 Å². The number of alkyl halides is 3. The fourth-order valence-electron chi connectivity index (χ4n) is 5.02. The second-order valence-electron chi connectivity index (χ2n) is 9.96. The number of fused-ring (bicyclic) bond motifs is 1. The van der Waals surface area contributed by atoms with Gasteiger partial charge in [0.25, 0.3) is 5.91 Å². The molecule has 2 aromatic carbocycles. The van der Waals surface area contributed by atoms with Crippen LogP contribution < -0.4 is 14.5 Å². The lowest BCUT2D eigenvalue weighted by Crippen LogP contribution is -2.44. The number of carbonyl (C=O) groups excluding carboxylic acids is 2. The summed E-state index contributed by atoms with van der Waals surface area (Å²) >= 11 is 0. The van der Waals surface area contributed by atoms with E-state index in [-0.39, 0.29) is 18.4 Å². The standard InChI is InChI=1S/C28H30N4O3.C2HF3O2/c1-35-25-7-4-6-22(17-25)28(34)31-19-23-5-2-3-8-26(23)32(27(33)20-31)18-21-11-15-30(16-12-21)24-9-13-29-14-10-24;3-2(4,5)1(6)7/h2-10,13-14,17,21H,11-12,15-16,18-20H2,1H3;(H,6,7). The smallest absolute Gasteiger partial charge is 0.490 e. The predicted octanol–water partition coefficient (Wildman–Crippen LogP) is 4.63. The lowest BCUT2D eigenvalue weighted by Gasteiger charge is -2.36. The molecule has 0 bridgehead atoms. The van der Waals surface area contributed by atoms with Crippen LogP contribution in [0.2, 0.25) is 0 Å². The van der Waals surface area contributed by atoms with Gasteiger partial charge in [0.05, 0.1) is 7.11 Å². The molecule has 0 saturated carbocycles. The van der Waals surface area contributed by atoms with Gasteiger partial charge in [0, 0.05) is 55.5 Å². The van der Waals surface area contributed by atoms with Crippen molar-refractivity contribution in [2.75, 3.05) is 43.1 Å². The van der Waals surface area contributed by atoms with Gasteiger partial charge in [-0.1, -0.05) is 24.3 Å². The zero-order chi connectivity index (χ0) is 30.3. The number of hydrogen-bond acceptors (Lipinski definition) is 6. The molecule has 42 heavy (non-hydrogen) atoms. The molecule has 3 aromatic rings. The molecule has 12 heteroatoms. The number of benzene rings is 2. The number of para-hydroxylation sites is 1. The highest BCUT2D eigenvalue weighted by Crippen LogP contribution is 2.30. The summed E-state index contributed by atoms with van der Waals surface area (Å²) in [6.45, 7) is 3.04. The maximum atomic E-state index is 13.5. The first-order valence-electron chi connectivity index (χ1n) is 13.3. The molecular weight excluding hydrogens is 553 g/mol. The molecule has 9 nitrogen and oxygen atoms in total. The van der Waals surface area contributed by atoms with Crippen LogP contribution in [0.15, 0.2) is 73.1 Å². The van der Waals surface area contributed by atoms with E-state index in [1.54, 1.807) is 36.3 Å². The molecule has 1 fully saturated rings. The second kappa shape index (κ2) is 13.4. The maximum Gasteiger partial charge on any atom is 0.490 e. The highest BCUT2D eigenvalue weighted by atomic mass is 19.4. The number of aromatic nitrogens is 1. The van der Waals surface area contributed by atoms with Crippen molar-refractivity contribution in [3.8, 4) is 5.75 Å². The van der Waals surface area contributed by atoms with E-state index in [4.69, 9.17) is 14.6 Å². The van der Waals surface area contributed by atoms with E-state index in [1.165, 1.54) is 5.69 Å². The summed E-state index contributed by atoms with van der Waals surface area (Å²) in [5, 5.41) is 7.12. The molecular formula is C30H31F3N4O5. The zero-order valence-corrected chi connectivity index (χ0v) is 23.0. The monoisotopic (exact) mass is 584 g/mol. The van der Waals surface area contributed by atoms with Crippen molar-refractivity contribution >= 4 is 29.2 Å². The second-order valence-corrected chi connectivity index (χ2v) is 9.96. The Balaban J connectivity index is 0.000000517. The van der Waals surface area contributed by atoms with Crippen molar-refractivity contribution in [2.24, 2.45) is 5.92 Å². The summed E-state index contributed by atoms with van der Waals surface area (Å²) in [5.41, 5.74) is 3.62. The molecule has 0 atom stereocenters. The highest BCUT2D eigenvalue weighted by Gasteiger charge is 2.38. The Morgan fingerprint density at radius 3 is 2.31 bits per heavy atom. The highest BCUT2D eigenvalue weighted by molar-refractivity contribution is 6.02. The normalized spacial score (nSPS) is 15.7. The maximum absolute atomic E-state index is 13.5. The molecule has 5 rings (SSSR count). The van der Waals surface area contributed by atoms with E-state index in [1.807, 2.05) is 53.7 Å². The summed E-state index contributed by atoms with van der Waals surface area (Å²) in [5.74, 6) is -1.93. The molecule has 0 aliphatic carbocycles. The molecule has 3 heterocycles. The van der Waals surface area contributed by atoms with E-state index in [0.29, 0.717) is 30.3 Å². The zero-order valence-electron chi connectivity index (χ0n) is 23.0. The molecule has 2 aliphatic rings. The third-order valence-corrected chi connectivity index (χ3v) is 7.20. The van der Waals surface area contributed by atoms with Gasteiger partial charge in [-0.05, 0) is 60.7 Å². The predicted molar refractivity (Wildman–Crippen MR) is 149 cm³/mol. The number of halogens is 3. The number of amides is 2. The van der Waals surface area contributed by atoms with Crippen LogP contribution in [-0.2, 0) is 16.1 Å². The summed E-state index contributed by atoms with van der Waals surface area (Å²) in [6, 6.07) is 19.1. The average molecular weight is 585 g/mol. The van der Waals surface area contributed by atoms with Gasteiger partial charge in [-0.15, -0.1) is 0 Å². The molecule has 0 unspecified atom stereocenters. The van der Waals surface area contributed by atoms with E-state index in [0.717, 1.165) is 37.2 Å². The summed E-state index contributed by atoms with van der Waals surface area (Å²) < 4.78 is 37.0. The Bertz CT molecular complexity index is 1390. The number of carboxylic acid groups (broad SMARTS) is 1. The van der Waals surface area contributed by atoms with Gasteiger partial charge in [0.1, 0.15) is 12.3 Å². The van der Waals surface area contributed by atoms with Gasteiger partial charge < -0.3 is 24.5 Å². The number of hydrogen-bond donors (Lipinski definition) is 1. The molecule has 2 amide bonds. The number of anilines is 2. The fraction of sp³-hybridized carbons (Fsp3) is 0.333. The number of carbonyl (C=O) groups is 3. The van der Waals surface area contributed by atoms with Crippen molar-refractivity contribution in [1.82, 2.24) is 9.88 Å². The first-order valence-corrected chi connectivity index (χ1v) is 13.3. The SMILES string of the molecule is COc1cccc(C(=O)N2CC(=O)N(CC3CCN(c4ccncc4)CC3)c3ccccc3C2)c1.O=C(O)C(F)(F)F. The Morgan fingerprint density at radius 2 is 1.67 bits per heavy atom. The van der Waals surface area contributed by atoms with Crippen LogP contribution in [-0.4, -0.2) is 72.2 Å². The van der Waals surface area contributed by atoms with Crippen LogP contribution >= 0.6 is 0 Å². The number of ether oxygens (including phenoxy) is 1. The summed E-state index contributed by atoms with van der Waals surface area (Å²) in [6.07, 6.45) is 0.598. The van der Waals surface area contributed by atoms with Gasteiger partial charge in [0.15, 0.2) is 0 Å². The molecule has 1 saturated heterocycles. The van der Waals surface area contributed by atoms with Gasteiger partial charge in [0.2, 0.25) is 5.91 Å². The number of nitrogens with zero attached hydrogens (tertiary/aromatic N) is 4. The van der Waals surface area contributed by atoms with Gasteiger partial charge >= 0.3 is 12.1 Å². The van der Waals surface area contributed by atoms with E-state index in [2.05, 4.69) is 9.88 Å². The molecule has 0 radical (unpaired) electrons. The van der Waals surface area contributed by atoms with Gasteiger partial charge in [-0.25, -0.2) is 4.79 Å². The summed E-state index contributed by atoms with van der Waals surface area (Å²) in [4.78, 5) is 45.8. The van der Waals surface area contributed by atoms with Crippen LogP contribution in [0.1, 0.15) is 28.8 Å². The number of carboxylic acids is 1. The minimum atomic E-state index is -5.08. The van der Waals surface area contributed by atoms with E-state index >= 15 is 0 Å². The van der Waals surface area contributed by atoms with Crippen LogP contribution in [0.25, 0.3) is 0 Å². The molecule has 1 aromatic heterocycles. The van der Waals surface area contributed by atoms with Crippen LogP contribution in [0.3, 0.4) is 0 Å². The number of aliphatic carboxylic acids is 1. The van der Waals surface area contributed by atoms with Gasteiger partial charge in [-0.2, -0.15) is 13.2 Å². The molecule has 0 spiro atoms. The Labute approximate surface area is 241 Å². The first-order chi connectivity index (χ1) is 20.1. The van der Waals surface area contributed by atoms with Crippen LogP contribution in [0.4, 0.5) is 24.5 Å². The lowest BCUT2D eigenvalue weighted by atomic mass is 9.95. The van der Waals surface area contributed by atoms with E-state index < -0.39 is 12.1 Å². The van der Waals surface area contributed by atoms with E-state index in [9.17, 15) is 22.8 Å². The van der Waals surface area contributed by atoms with Crippen molar-refractivity contribution in [2.45, 2.75) is 25.6 Å². The minimum Gasteiger partial charge on any atom is -0.497 e. The topological polar surface area (TPSA) is 103 Å². The Hall–Kier alpha value is -4.61. The number of pyridine rings is 1. The molecule has 222 valence electrons.